The van der Waals surface area contributed by atoms with Crippen LogP contribution in [-0.4, -0.2) is 35.2 Å². The second-order valence-corrected chi connectivity index (χ2v) is 7.22. The van der Waals surface area contributed by atoms with Crippen LogP contribution in [-0.2, 0) is 6.42 Å². The fourth-order valence-corrected chi connectivity index (χ4v) is 3.85. The molecule has 4 rings (SSSR count). The van der Waals surface area contributed by atoms with E-state index in [-0.39, 0.29) is 18.6 Å². The van der Waals surface area contributed by atoms with E-state index in [2.05, 4.69) is 17.1 Å². The minimum absolute atomic E-state index is 0.0613. The molecule has 0 bridgehead atoms. The molecule has 144 valence electrons. The quantitative estimate of drug-likeness (QED) is 0.707. The number of carbonyl (C=O) groups is 1. The second kappa shape index (κ2) is 7.98. The van der Waals surface area contributed by atoms with Crippen LogP contribution in [0.5, 0.6) is 0 Å². The van der Waals surface area contributed by atoms with Crippen molar-refractivity contribution in [2.75, 3.05) is 23.4 Å². The van der Waals surface area contributed by atoms with Gasteiger partial charge in [0.15, 0.2) is 0 Å². The lowest BCUT2D eigenvalue weighted by Gasteiger charge is -2.25. The molecule has 1 atom stereocenters. The van der Waals surface area contributed by atoms with Crippen molar-refractivity contribution in [3.05, 3.63) is 65.7 Å². The normalized spacial score (nSPS) is 16.5. The molecule has 0 unspecified atom stereocenters. The van der Waals surface area contributed by atoms with Crippen molar-refractivity contribution in [2.24, 2.45) is 0 Å². The Balaban J connectivity index is 1.70. The van der Waals surface area contributed by atoms with Gasteiger partial charge in [0.2, 0.25) is 0 Å². The third-order valence-corrected chi connectivity index (χ3v) is 5.45. The third-order valence-electron chi connectivity index (χ3n) is 5.45. The number of pyridine rings is 1. The van der Waals surface area contributed by atoms with Gasteiger partial charge in [-0.2, -0.15) is 0 Å². The first-order valence-corrected chi connectivity index (χ1v) is 9.87. The molecular formula is C23H25N3O2. The van der Waals surface area contributed by atoms with Crippen LogP contribution in [0, 0.1) is 0 Å². The van der Waals surface area contributed by atoms with Crippen LogP contribution in [0.4, 0.5) is 11.5 Å². The summed E-state index contributed by atoms with van der Waals surface area (Å²) in [6.45, 7) is 3.05. The highest BCUT2D eigenvalue weighted by Gasteiger charge is 2.26. The van der Waals surface area contributed by atoms with Gasteiger partial charge in [-0.15, -0.1) is 0 Å². The maximum atomic E-state index is 13.1. The van der Waals surface area contributed by atoms with Crippen molar-refractivity contribution in [3.8, 4) is 0 Å². The predicted octanol–water partition coefficient (Wildman–Crippen LogP) is 4.01. The van der Waals surface area contributed by atoms with E-state index < -0.39 is 0 Å². The summed E-state index contributed by atoms with van der Waals surface area (Å²) >= 11 is 0. The molecule has 2 heterocycles. The van der Waals surface area contributed by atoms with Gasteiger partial charge in [0.25, 0.3) is 5.91 Å². The lowest BCUT2D eigenvalue weighted by Crippen LogP contribution is -2.33. The number of carbonyl (C=O) groups excluding carboxylic acids is 1. The zero-order valence-corrected chi connectivity index (χ0v) is 16.1. The number of aryl methyl sites for hydroxylation is 1. The Bertz CT molecular complexity index is 985. The van der Waals surface area contributed by atoms with E-state index in [0.29, 0.717) is 5.56 Å². The van der Waals surface area contributed by atoms with Crippen LogP contribution in [0.1, 0.15) is 35.7 Å². The number of aromatic nitrogens is 1. The highest BCUT2D eigenvalue weighted by atomic mass is 16.3. The molecule has 28 heavy (non-hydrogen) atoms. The number of benzene rings is 2. The molecule has 0 aliphatic carbocycles. The number of hydrogen-bond acceptors (Lipinski definition) is 4. The average Bonchev–Trinajstić information content (AvgIpc) is 3.22. The predicted molar refractivity (Wildman–Crippen MR) is 113 cm³/mol. The summed E-state index contributed by atoms with van der Waals surface area (Å²) in [4.78, 5) is 20.0. The van der Waals surface area contributed by atoms with Crippen molar-refractivity contribution in [1.82, 2.24) is 4.98 Å². The smallest absolute Gasteiger partial charge is 0.256 e. The highest BCUT2D eigenvalue weighted by Crippen LogP contribution is 2.29. The number of amides is 1. The van der Waals surface area contributed by atoms with Crippen molar-refractivity contribution < 1.29 is 9.90 Å². The van der Waals surface area contributed by atoms with E-state index in [1.165, 1.54) is 5.56 Å². The number of nitrogens with one attached hydrogen (secondary N) is 1. The van der Waals surface area contributed by atoms with Crippen LogP contribution >= 0.6 is 0 Å². The van der Waals surface area contributed by atoms with E-state index in [0.717, 1.165) is 48.2 Å². The lowest BCUT2D eigenvalue weighted by molar-refractivity contribution is 0.102. The summed E-state index contributed by atoms with van der Waals surface area (Å²) in [5.74, 6) is 0.602. The number of para-hydroxylation sites is 1. The summed E-state index contributed by atoms with van der Waals surface area (Å²) in [6.07, 6.45) is 2.93. The largest absolute Gasteiger partial charge is 0.394 e. The Morgan fingerprint density at radius 3 is 2.75 bits per heavy atom. The molecule has 3 aromatic rings. The fourth-order valence-electron chi connectivity index (χ4n) is 3.85. The van der Waals surface area contributed by atoms with Gasteiger partial charge in [-0.1, -0.05) is 37.3 Å². The SMILES string of the molecule is CCc1ccc(NC(=O)c2cc(N3CCC[C@H]3CO)nc3ccccc23)cc1. The summed E-state index contributed by atoms with van der Waals surface area (Å²) < 4.78 is 0. The van der Waals surface area contributed by atoms with Gasteiger partial charge in [0, 0.05) is 17.6 Å². The molecule has 1 saturated heterocycles. The molecule has 2 N–H and O–H groups in total. The second-order valence-electron chi connectivity index (χ2n) is 7.22. The molecule has 1 amide bonds. The summed E-state index contributed by atoms with van der Waals surface area (Å²) in [5, 5.41) is 13.5. The first kappa shape index (κ1) is 18.4. The van der Waals surface area contributed by atoms with Gasteiger partial charge in [0.1, 0.15) is 5.82 Å². The molecule has 1 aromatic heterocycles. The van der Waals surface area contributed by atoms with Gasteiger partial charge in [0.05, 0.1) is 23.7 Å². The van der Waals surface area contributed by atoms with Crippen molar-refractivity contribution in [3.63, 3.8) is 0 Å². The standard InChI is InChI=1S/C23H25N3O2/c1-2-16-9-11-17(12-10-16)24-23(28)20-14-22(26-13-5-6-18(26)15-27)25-21-8-4-3-7-19(20)21/h3-4,7-12,14,18,27H,2,5-6,13,15H2,1H3,(H,24,28)/t18-/m0/s1. The Morgan fingerprint density at radius 1 is 1.21 bits per heavy atom. The van der Waals surface area contributed by atoms with Gasteiger partial charge in [-0.3, -0.25) is 4.79 Å². The lowest BCUT2D eigenvalue weighted by atomic mass is 10.1. The zero-order valence-electron chi connectivity index (χ0n) is 16.1. The van der Waals surface area contributed by atoms with E-state index in [9.17, 15) is 9.90 Å². The zero-order chi connectivity index (χ0) is 19.5. The van der Waals surface area contributed by atoms with E-state index in [1.54, 1.807) is 0 Å². The van der Waals surface area contributed by atoms with Crippen LogP contribution in [0.15, 0.2) is 54.6 Å². The van der Waals surface area contributed by atoms with Gasteiger partial charge in [-0.05, 0) is 49.1 Å². The van der Waals surface area contributed by atoms with Gasteiger partial charge >= 0.3 is 0 Å². The summed E-state index contributed by atoms with van der Waals surface area (Å²) in [5.41, 5.74) is 3.40. The number of hydrogen-bond donors (Lipinski definition) is 2. The van der Waals surface area contributed by atoms with Crippen LogP contribution in [0.2, 0.25) is 0 Å². The molecule has 1 aliphatic rings. The maximum absolute atomic E-state index is 13.1. The number of aliphatic hydroxyl groups is 1. The number of nitrogens with zero attached hydrogens (tertiary/aromatic N) is 2. The highest BCUT2D eigenvalue weighted by molar-refractivity contribution is 6.13. The molecule has 1 fully saturated rings. The molecule has 1 aliphatic heterocycles. The van der Waals surface area contributed by atoms with Crippen molar-refractivity contribution in [1.29, 1.82) is 0 Å². The van der Waals surface area contributed by atoms with E-state index >= 15 is 0 Å². The summed E-state index contributed by atoms with van der Waals surface area (Å²) in [6, 6.07) is 17.5. The number of fused-ring (bicyclic) bond motifs is 1. The number of rotatable bonds is 5. The van der Waals surface area contributed by atoms with Crippen LogP contribution in [0.25, 0.3) is 10.9 Å². The number of aliphatic hydroxyl groups excluding tert-OH is 1. The van der Waals surface area contributed by atoms with E-state index in [1.807, 2.05) is 54.6 Å². The topological polar surface area (TPSA) is 65.5 Å². The number of anilines is 2. The Morgan fingerprint density at radius 2 is 2.00 bits per heavy atom. The molecule has 5 nitrogen and oxygen atoms in total. The minimum Gasteiger partial charge on any atom is -0.394 e. The first-order chi connectivity index (χ1) is 13.7. The van der Waals surface area contributed by atoms with Crippen molar-refractivity contribution in [2.45, 2.75) is 32.2 Å². The molecule has 0 saturated carbocycles. The van der Waals surface area contributed by atoms with Gasteiger partial charge in [-0.25, -0.2) is 4.98 Å². The molecule has 0 spiro atoms. The van der Waals surface area contributed by atoms with Gasteiger partial charge < -0.3 is 15.3 Å². The Labute approximate surface area is 165 Å². The monoisotopic (exact) mass is 375 g/mol. The fraction of sp³-hybridized carbons (Fsp3) is 0.304. The molecule has 0 radical (unpaired) electrons. The first-order valence-electron chi connectivity index (χ1n) is 9.87. The maximum Gasteiger partial charge on any atom is 0.256 e. The van der Waals surface area contributed by atoms with E-state index in [4.69, 9.17) is 4.98 Å². The van der Waals surface area contributed by atoms with Crippen LogP contribution in [0.3, 0.4) is 0 Å². The Hall–Kier alpha value is -2.92. The molecular weight excluding hydrogens is 350 g/mol. The average molecular weight is 375 g/mol. The molecule has 5 heteroatoms. The summed E-state index contributed by atoms with van der Waals surface area (Å²) in [7, 11) is 0. The minimum atomic E-state index is -0.149. The van der Waals surface area contributed by atoms with Crippen molar-refractivity contribution >= 4 is 28.3 Å². The Kier molecular flexibility index (Phi) is 5.26. The third kappa shape index (κ3) is 3.58. The molecule has 2 aromatic carbocycles. The van der Waals surface area contributed by atoms with Crippen LogP contribution < -0.4 is 10.2 Å².